The average molecular weight is 247 g/mol. The molecule has 0 saturated carbocycles. The van der Waals surface area contributed by atoms with E-state index in [-0.39, 0.29) is 23.7 Å². The van der Waals surface area contributed by atoms with Gasteiger partial charge < -0.3 is 15.8 Å². The molecule has 2 atom stereocenters. The van der Waals surface area contributed by atoms with Gasteiger partial charge in [-0.15, -0.1) is 0 Å². The van der Waals surface area contributed by atoms with Crippen LogP contribution in [-0.4, -0.2) is 34.4 Å². The fraction of sp³-hybridized carbons (Fsp3) is 0.385. The summed E-state index contributed by atoms with van der Waals surface area (Å²) >= 11 is 0. The maximum absolute atomic E-state index is 12.0. The van der Waals surface area contributed by atoms with E-state index in [1.165, 1.54) is 0 Å². The maximum atomic E-state index is 12.0. The Morgan fingerprint density at radius 3 is 2.78 bits per heavy atom. The van der Waals surface area contributed by atoms with Crippen LogP contribution in [0.25, 0.3) is 0 Å². The van der Waals surface area contributed by atoms with Crippen LogP contribution in [0.1, 0.15) is 24.8 Å². The summed E-state index contributed by atoms with van der Waals surface area (Å²) in [6, 6.07) is 9.57. The zero-order chi connectivity index (χ0) is 13.1. The van der Waals surface area contributed by atoms with Gasteiger partial charge in [-0.25, -0.2) is 0 Å². The molecular weight excluding hydrogens is 230 g/mol. The Morgan fingerprint density at radius 1 is 1.50 bits per heavy atom. The van der Waals surface area contributed by atoms with Gasteiger partial charge in [0.05, 0.1) is 6.04 Å². The van der Waals surface area contributed by atoms with Crippen molar-refractivity contribution in [2.45, 2.75) is 25.3 Å². The smallest absolute Gasteiger partial charge is 0.223 e. The summed E-state index contributed by atoms with van der Waals surface area (Å²) in [5.41, 5.74) is 6.70. The minimum Gasteiger partial charge on any atom is -0.409 e. The van der Waals surface area contributed by atoms with Crippen LogP contribution in [0.4, 0.5) is 0 Å². The first-order valence-electron chi connectivity index (χ1n) is 5.95. The van der Waals surface area contributed by atoms with Crippen LogP contribution in [0.15, 0.2) is 35.5 Å². The normalized spacial score (nSPS) is 22.3. The molecule has 0 aliphatic carbocycles. The van der Waals surface area contributed by atoms with E-state index in [4.69, 9.17) is 10.9 Å². The Labute approximate surface area is 106 Å². The lowest BCUT2D eigenvalue weighted by Crippen LogP contribution is -2.43. The standard InChI is InChI=1S/C13H17N3O2/c1-9(13(14)15-18)16-8-11(7-12(16)17)10-5-3-2-4-6-10/h2-6,9,11,18H,7-8H2,1H3,(H2,14,15)/t9-,11-/m0/s1. The second kappa shape index (κ2) is 5.08. The highest BCUT2D eigenvalue weighted by molar-refractivity contribution is 5.90. The number of hydrogen-bond acceptors (Lipinski definition) is 3. The Balaban J connectivity index is 2.12. The second-order valence-corrected chi connectivity index (χ2v) is 4.56. The highest BCUT2D eigenvalue weighted by Gasteiger charge is 2.34. The molecule has 18 heavy (non-hydrogen) atoms. The van der Waals surface area contributed by atoms with Gasteiger partial charge in [0.2, 0.25) is 5.91 Å². The van der Waals surface area contributed by atoms with Gasteiger partial charge in [-0.2, -0.15) is 0 Å². The van der Waals surface area contributed by atoms with Crippen molar-refractivity contribution < 1.29 is 10.0 Å². The van der Waals surface area contributed by atoms with Gasteiger partial charge in [0.1, 0.15) is 0 Å². The molecule has 5 heteroatoms. The van der Waals surface area contributed by atoms with E-state index in [0.29, 0.717) is 13.0 Å². The van der Waals surface area contributed by atoms with Crippen molar-refractivity contribution in [2.24, 2.45) is 10.9 Å². The number of nitrogens with zero attached hydrogens (tertiary/aromatic N) is 2. The number of carbonyl (C=O) groups excluding carboxylic acids is 1. The molecule has 1 aliphatic rings. The summed E-state index contributed by atoms with van der Waals surface area (Å²) in [7, 11) is 0. The predicted molar refractivity (Wildman–Crippen MR) is 68.4 cm³/mol. The van der Waals surface area contributed by atoms with Crippen molar-refractivity contribution in [1.82, 2.24) is 4.90 Å². The molecule has 1 aromatic carbocycles. The van der Waals surface area contributed by atoms with E-state index in [1.807, 2.05) is 30.3 Å². The summed E-state index contributed by atoms with van der Waals surface area (Å²) < 4.78 is 0. The summed E-state index contributed by atoms with van der Waals surface area (Å²) in [6.07, 6.45) is 0.479. The number of benzene rings is 1. The van der Waals surface area contributed by atoms with Crippen LogP contribution < -0.4 is 5.73 Å². The SMILES string of the molecule is C[C@@H](/C(N)=N\O)N1C[C@@H](c2ccccc2)CC1=O. The third-order valence-corrected chi connectivity index (χ3v) is 3.44. The Bertz CT molecular complexity index is 459. The molecular formula is C13H17N3O2. The molecule has 0 aromatic heterocycles. The molecule has 0 bridgehead atoms. The van der Waals surface area contributed by atoms with Crippen LogP contribution in [0.2, 0.25) is 0 Å². The van der Waals surface area contributed by atoms with E-state index in [9.17, 15) is 4.79 Å². The van der Waals surface area contributed by atoms with Crippen molar-refractivity contribution >= 4 is 11.7 Å². The molecule has 3 N–H and O–H groups in total. The van der Waals surface area contributed by atoms with E-state index >= 15 is 0 Å². The molecule has 0 radical (unpaired) electrons. The number of oxime groups is 1. The molecule has 1 saturated heterocycles. The van der Waals surface area contributed by atoms with Crippen molar-refractivity contribution in [2.75, 3.05) is 6.54 Å². The zero-order valence-corrected chi connectivity index (χ0v) is 10.3. The van der Waals surface area contributed by atoms with Crippen LogP contribution in [0.3, 0.4) is 0 Å². The van der Waals surface area contributed by atoms with Crippen molar-refractivity contribution in [3.63, 3.8) is 0 Å². The van der Waals surface area contributed by atoms with Gasteiger partial charge >= 0.3 is 0 Å². The Hall–Kier alpha value is -2.04. The van der Waals surface area contributed by atoms with Gasteiger partial charge in [-0.1, -0.05) is 35.5 Å². The highest BCUT2D eigenvalue weighted by atomic mass is 16.4. The van der Waals surface area contributed by atoms with Crippen molar-refractivity contribution in [3.05, 3.63) is 35.9 Å². The summed E-state index contributed by atoms with van der Waals surface area (Å²) in [4.78, 5) is 13.6. The molecule has 96 valence electrons. The molecule has 2 rings (SSSR count). The van der Waals surface area contributed by atoms with Crippen LogP contribution >= 0.6 is 0 Å². The monoisotopic (exact) mass is 247 g/mol. The number of likely N-dealkylation sites (tertiary alicyclic amines) is 1. The maximum Gasteiger partial charge on any atom is 0.223 e. The predicted octanol–water partition coefficient (Wildman–Crippen LogP) is 1.14. The molecule has 1 aliphatic heterocycles. The van der Waals surface area contributed by atoms with E-state index in [1.54, 1.807) is 11.8 Å². The Morgan fingerprint density at radius 2 is 2.17 bits per heavy atom. The van der Waals surface area contributed by atoms with Crippen LogP contribution in [0, 0.1) is 0 Å². The van der Waals surface area contributed by atoms with Crippen LogP contribution in [0.5, 0.6) is 0 Å². The number of amidine groups is 1. The Kier molecular flexibility index (Phi) is 3.50. The molecule has 5 nitrogen and oxygen atoms in total. The lowest BCUT2D eigenvalue weighted by atomic mass is 9.98. The summed E-state index contributed by atoms with van der Waals surface area (Å²) in [6.45, 7) is 2.38. The van der Waals surface area contributed by atoms with Gasteiger partial charge in [0, 0.05) is 18.9 Å². The number of carbonyl (C=O) groups is 1. The molecule has 0 unspecified atom stereocenters. The zero-order valence-electron chi connectivity index (χ0n) is 10.3. The van der Waals surface area contributed by atoms with Crippen LogP contribution in [-0.2, 0) is 4.79 Å². The molecule has 1 aromatic rings. The second-order valence-electron chi connectivity index (χ2n) is 4.56. The van der Waals surface area contributed by atoms with Gasteiger partial charge in [0.15, 0.2) is 5.84 Å². The summed E-state index contributed by atoms with van der Waals surface area (Å²) in [5.74, 6) is 0.299. The van der Waals surface area contributed by atoms with E-state index in [2.05, 4.69) is 5.16 Å². The third-order valence-electron chi connectivity index (χ3n) is 3.44. The topological polar surface area (TPSA) is 78.9 Å². The molecule has 0 spiro atoms. The van der Waals surface area contributed by atoms with E-state index in [0.717, 1.165) is 5.56 Å². The molecule has 1 heterocycles. The van der Waals surface area contributed by atoms with Crippen molar-refractivity contribution in [3.8, 4) is 0 Å². The van der Waals surface area contributed by atoms with Crippen molar-refractivity contribution in [1.29, 1.82) is 0 Å². The highest BCUT2D eigenvalue weighted by Crippen LogP contribution is 2.29. The first-order valence-corrected chi connectivity index (χ1v) is 5.95. The number of amides is 1. The number of rotatable bonds is 3. The first kappa shape index (κ1) is 12.4. The first-order chi connectivity index (χ1) is 8.63. The third kappa shape index (κ3) is 2.30. The lowest BCUT2D eigenvalue weighted by molar-refractivity contribution is -0.128. The minimum absolute atomic E-state index is 0.0444. The fourth-order valence-electron chi connectivity index (χ4n) is 2.30. The van der Waals surface area contributed by atoms with Gasteiger partial charge in [0.25, 0.3) is 0 Å². The van der Waals surface area contributed by atoms with Gasteiger partial charge in [-0.05, 0) is 12.5 Å². The largest absolute Gasteiger partial charge is 0.409 e. The minimum atomic E-state index is -0.365. The quantitative estimate of drug-likeness (QED) is 0.364. The summed E-state index contributed by atoms with van der Waals surface area (Å²) in [5, 5.41) is 11.6. The number of nitrogens with two attached hydrogens (primary N) is 1. The molecule has 1 fully saturated rings. The number of hydrogen-bond donors (Lipinski definition) is 2. The molecule has 1 amide bonds. The van der Waals surface area contributed by atoms with E-state index < -0.39 is 0 Å². The average Bonchev–Trinajstić information content (AvgIpc) is 2.80. The lowest BCUT2D eigenvalue weighted by Gasteiger charge is -2.23. The van der Waals surface area contributed by atoms with Gasteiger partial charge in [-0.3, -0.25) is 4.79 Å². The fourth-order valence-corrected chi connectivity index (χ4v) is 2.30.